The molecule has 3 nitrogen and oxygen atoms in total. The zero-order chi connectivity index (χ0) is 14.0. The van der Waals surface area contributed by atoms with Gasteiger partial charge in [0.25, 0.3) is 5.91 Å². The summed E-state index contributed by atoms with van der Waals surface area (Å²) in [6.45, 7) is 0. The molecule has 1 aromatic heterocycles. The SMILES string of the molecule is O=C(Nc1cc(Cl)ccc1F)c1cc(Cl)ncc1Cl. The first-order chi connectivity index (χ1) is 8.97. The van der Waals surface area contributed by atoms with Crippen molar-refractivity contribution in [2.24, 2.45) is 0 Å². The molecule has 0 aliphatic carbocycles. The van der Waals surface area contributed by atoms with Crippen molar-refractivity contribution in [3.05, 3.63) is 57.0 Å². The number of halogens is 4. The Morgan fingerprint density at radius 2 is 1.95 bits per heavy atom. The van der Waals surface area contributed by atoms with Crippen molar-refractivity contribution in [1.82, 2.24) is 4.98 Å². The lowest BCUT2D eigenvalue weighted by Gasteiger charge is -2.08. The van der Waals surface area contributed by atoms with Gasteiger partial charge in [-0.05, 0) is 24.3 Å². The molecule has 2 aromatic rings. The zero-order valence-electron chi connectivity index (χ0n) is 9.25. The quantitative estimate of drug-likeness (QED) is 0.832. The van der Waals surface area contributed by atoms with Gasteiger partial charge in [-0.25, -0.2) is 9.37 Å². The molecule has 1 aromatic carbocycles. The van der Waals surface area contributed by atoms with Crippen molar-refractivity contribution in [1.29, 1.82) is 0 Å². The van der Waals surface area contributed by atoms with E-state index in [0.29, 0.717) is 5.02 Å². The zero-order valence-corrected chi connectivity index (χ0v) is 11.5. The third-order valence-corrected chi connectivity index (χ3v) is 2.99. The second-order valence-electron chi connectivity index (χ2n) is 3.57. The Hall–Kier alpha value is -1.36. The molecule has 2 rings (SSSR count). The molecule has 0 aliphatic heterocycles. The number of carbonyl (C=O) groups excluding carboxylic acids is 1. The number of carbonyl (C=O) groups is 1. The van der Waals surface area contributed by atoms with Gasteiger partial charge in [0.1, 0.15) is 11.0 Å². The van der Waals surface area contributed by atoms with Crippen LogP contribution in [0.15, 0.2) is 30.5 Å². The highest BCUT2D eigenvalue weighted by molar-refractivity contribution is 6.35. The van der Waals surface area contributed by atoms with Crippen molar-refractivity contribution in [2.75, 3.05) is 5.32 Å². The highest BCUT2D eigenvalue weighted by Gasteiger charge is 2.14. The van der Waals surface area contributed by atoms with Crippen LogP contribution in [0, 0.1) is 5.82 Å². The lowest BCUT2D eigenvalue weighted by Crippen LogP contribution is -2.13. The lowest BCUT2D eigenvalue weighted by molar-refractivity contribution is 0.102. The fourth-order valence-corrected chi connectivity index (χ4v) is 1.89. The monoisotopic (exact) mass is 318 g/mol. The van der Waals surface area contributed by atoms with Gasteiger partial charge in [-0.15, -0.1) is 0 Å². The Kier molecular flexibility index (Phi) is 4.24. The standard InChI is InChI=1S/C12H6Cl3FN2O/c13-6-1-2-9(16)10(3-6)18-12(19)7-4-11(15)17-5-8(7)14/h1-5H,(H,18,19). The summed E-state index contributed by atoms with van der Waals surface area (Å²) in [5.74, 6) is -1.20. The molecule has 7 heteroatoms. The molecule has 0 spiro atoms. The minimum atomic E-state index is -0.603. The first kappa shape index (κ1) is 14.1. The number of hydrogen-bond acceptors (Lipinski definition) is 2. The van der Waals surface area contributed by atoms with Crippen molar-refractivity contribution >= 4 is 46.4 Å². The van der Waals surface area contributed by atoms with Crippen molar-refractivity contribution < 1.29 is 9.18 Å². The Bertz CT molecular complexity index is 649. The van der Waals surface area contributed by atoms with Crippen LogP contribution in [-0.4, -0.2) is 10.9 Å². The van der Waals surface area contributed by atoms with E-state index < -0.39 is 11.7 Å². The number of pyridine rings is 1. The molecule has 0 radical (unpaired) electrons. The number of hydrogen-bond donors (Lipinski definition) is 1. The number of nitrogens with one attached hydrogen (secondary N) is 1. The number of rotatable bonds is 2. The van der Waals surface area contributed by atoms with Gasteiger partial charge in [0.05, 0.1) is 16.3 Å². The molecule has 1 heterocycles. The van der Waals surface area contributed by atoms with Gasteiger partial charge >= 0.3 is 0 Å². The number of benzene rings is 1. The van der Waals surface area contributed by atoms with Gasteiger partial charge in [-0.1, -0.05) is 34.8 Å². The molecule has 0 saturated carbocycles. The fourth-order valence-electron chi connectivity index (χ4n) is 1.37. The summed E-state index contributed by atoms with van der Waals surface area (Å²) < 4.78 is 13.5. The van der Waals surface area contributed by atoms with Crippen LogP contribution in [0.25, 0.3) is 0 Å². The van der Waals surface area contributed by atoms with E-state index in [9.17, 15) is 9.18 Å². The molecule has 98 valence electrons. The highest BCUT2D eigenvalue weighted by atomic mass is 35.5. The maximum absolute atomic E-state index is 13.5. The maximum atomic E-state index is 13.5. The van der Waals surface area contributed by atoms with Gasteiger partial charge in [-0.2, -0.15) is 0 Å². The Labute approximate surface area is 123 Å². The van der Waals surface area contributed by atoms with Crippen LogP contribution in [0.1, 0.15) is 10.4 Å². The number of anilines is 1. The Balaban J connectivity index is 2.30. The predicted molar refractivity (Wildman–Crippen MR) is 73.6 cm³/mol. The molecular formula is C12H6Cl3FN2O. The van der Waals surface area contributed by atoms with Crippen LogP contribution in [0.3, 0.4) is 0 Å². The second-order valence-corrected chi connectivity index (χ2v) is 4.80. The average Bonchev–Trinajstić information content (AvgIpc) is 2.36. The first-order valence-electron chi connectivity index (χ1n) is 5.05. The van der Waals surface area contributed by atoms with Crippen LogP contribution in [0.5, 0.6) is 0 Å². The first-order valence-corrected chi connectivity index (χ1v) is 6.18. The fraction of sp³-hybridized carbons (Fsp3) is 0. The van der Waals surface area contributed by atoms with Gasteiger partial charge in [0.15, 0.2) is 0 Å². The average molecular weight is 320 g/mol. The molecule has 19 heavy (non-hydrogen) atoms. The van der Waals surface area contributed by atoms with E-state index in [-0.39, 0.29) is 21.4 Å². The summed E-state index contributed by atoms with van der Waals surface area (Å²) in [7, 11) is 0. The molecule has 0 bridgehead atoms. The summed E-state index contributed by atoms with van der Waals surface area (Å²) in [6, 6.07) is 5.12. The summed E-state index contributed by atoms with van der Waals surface area (Å²) in [6.07, 6.45) is 1.24. The van der Waals surface area contributed by atoms with Crippen molar-refractivity contribution in [3.8, 4) is 0 Å². The topological polar surface area (TPSA) is 42.0 Å². The molecule has 1 N–H and O–H groups in total. The third kappa shape index (κ3) is 3.35. The van der Waals surface area contributed by atoms with E-state index in [2.05, 4.69) is 10.3 Å². The summed E-state index contributed by atoms with van der Waals surface area (Å²) in [5.41, 5.74) is 0.0579. The molecule has 0 aliphatic rings. The van der Waals surface area contributed by atoms with Crippen LogP contribution < -0.4 is 5.32 Å². The molecule has 0 unspecified atom stereocenters. The number of amides is 1. The molecule has 0 atom stereocenters. The summed E-state index contributed by atoms with van der Waals surface area (Å²) >= 11 is 17.2. The van der Waals surface area contributed by atoms with Gasteiger partial charge in [0.2, 0.25) is 0 Å². The minimum Gasteiger partial charge on any atom is -0.319 e. The van der Waals surface area contributed by atoms with Crippen molar-refractivity contribution in [3.63, 3.8) is 0 Å². The molecule has 1 amide bonds. The van der Waals surface area contributed by atoms with E-state index in [1.165, 1.54) is 24.4 Å². The van der Waals surface area contributed by atoms with Crippen molar-refractivity contribution in [2.45, 2.75) is 0 Å². The summed E-state index contributed by atoms with van der Waals surface area (Å²) in [5, 5.41) is 2.89. The third-order valence-electron chi connectivity index (χ3n) is 2.24. The van der Waals surface area contributed by atoms with Crippen LogP contribution in [0.2, 0.25) is 15.2 Å². The molecule has 0 saturated heterocycles. The van der Waals surface area contributed by atoms with E-state index >= 15 is 0 Å². The number of nitrogens with zero attached hydrogens (tertiary/aromatic N) is 1. The Morgan fingerprint density at radius 1 is 1.21 bits per heavy atom. The highest BCUT2D eigenvalue weighted by Crippen LogP contribution is 2.23. The Morgan fingerprint density at radius 3 is 2.68 bits per heavy atom. The number of aromatic nitrogens is 1. The minimum absolute atomic E-state index is 0.0403. The van der Waals surface area contributed by atoms with Gasteiger partial charge in [-0.3, -0.25) is 4.79 Å². The van der Waals surface area contributed by atoms with Crippen LogP contribution in [-0.2, 0) is 0 Å². The van der Waals surface area contributed by atoms with Crippen LogP contribution in [0.4, 0.5) is 10.1 Å². The largest absolute Gasteiger partial charge is 0.319 e. The molecule has 0 fully saturated rings. The van der Waals surface area contributed by atoms with E-state index in [0.717, 1.165) is 6.07 Å². The smallest absolute Gasteiger partial charge is 0.257 e. The lowest BCUT2D eigenvalue weighted by atomic mass is 10.2. The van der Waals surface area contributed by atoms with Gasteiger partial charge in [0, 0.05) is 11.2 Å². The van der Waals surface area contributed by atoms with E-state index in [4.69, 9.17) is 34.8 Å². The van der Waals surface area contributed by atoms with Crippen LogP contribution >= 0.6 is 34.8 Å². The second kappa shape index (κ2) is 5.74. The van der Waals surface area contributed by atoms with Gasteiger partial charge < -0.3 is 5.32 Å². The molecular weight excluding hydrogens is 314 g/mol. The normalized spacial score (nSPS) is 10.3. The van der Waals surface area contributed by atoms with E-state index in [1.54, 1.807) is 0 Å². The predicted octanol–water partition coefficient (Wildman–Crippen LogP) is 4.43. The van der Waals surface area contributed by atoms with E-state index in [1.807, 2.05) is 0 Å². The maximum Gasteiger partial charge on any atom is 0.257 e. The summed E-state index contributed by atoms with van der Waals surface area (Å²) in [4.78, 5) is 15.7.